The van der Waals surface area contributed by atoms with E-state index in [0.29, 0.717) is 0 Å². The molecule has 0 atom stereocenters. The van der Waals surface area contributed by atoms with Crippen molar-refractivity contribution in [2.45, 2.75) is 0 Å². The Kier molecular flexibility index (Phi) is 5.09. The van der Waals surface area contributed by atoms with Crippen LogP contribution in [0.4, 0.5) is 22.7 Å². The summed E-state index contributed by atoms with van der Waals surface area (Å²) in [6.07, 6.45) is 8.54. The molecule has 4 nitrogen and oxygen atoms in total. The summed E-state index contributed by atoms with van der Waals surface area (Å²) < 4.78 is 0. The molecule has 4 aromatic carbocycles. The van der Waals surface area contributed by atoms with Crippen LogP contribution in [-0.2, 0) is 0 Å². The molecule has 164 valence electrons. The van der Waals surface area contributed by atoms with Crippen molar-refractivity contribution in [3.05, 3.63) is 158 Å². The van der Waals surface area contributed by atoms with Crippen LogP contribution in [0, 0.1) is 0 Å². The molecule has 0 bridgehead atoms. The van der Waals surface area contributed by atoms with Gasteiger partial charge in [-0.25, -0.2) is 0 Å². The van der Waals surface area contributed by atoms with E-state index in [1.807, 2.05) is 0 Å². The van der Waals surface area contributed by atoms with E-state index < -0.39 is 0 Å². The van der Waals surface area contributed by atoms with E-state index in [4.69, 9.17) is 0 Å². The van der Waals surface area contributed by atoms with Crippen LogP contribution in [-0.4, -0.2) is 0 Å². The first-order chi connectivity index (χ1) is 16.9. The van der Waals surface area contributed by atoms with Crippen LogP contribution in [0.3, 0.4) is 0 Å². The van der Waals surface area contributed by atoms with Crippen molar-refractivity contribution in [3.63, 3.8) is 0 Å². The molecule has 6 rings (SSSR count). The predicted molar refractivity (Wildman–Crippen MR) is 141 cm³/mol. The molecule has 0 aromatic heterocycles. The second-order valence-corrected chi connectivity index (χ2v) is 8.07. The first-order valence-corrected chi connectivity index (χ1v) is 11.4. The topological polar surface area (TPSA) is 13.0 Å². The van der Waals surface area contributed by atoms with Gasteiger partial charge in [-0.15, -0.1) is 0 Å². The Hall–Kier alpha value is -4.70. The normalized spacial score (nSPS) is 15.1. The molecule has 0 saturated carbocycles. The maximum atomic E-state index is 2.25. The molecule has 2 aliphatic heterocycles. The van der Waals surface area contributed by atoms with Crippen molar-refractivity contribution in [1.82, 2.24) is 0 Å². The average molecular weight is 441 g/mol. The van der Waals surface area contributed by atoms with E-state index in [1.165, 1.54) is 0 Å². The number of hydrogen-bond acceptors (Lipinski definition) is 4. The van der Waals surface area contributed by atoms with E-state index in [-0.39, 0.29) is 0 Å². The Bertz CT molecular complexity index is 1140. The van der Waals surface area contributed by atoms with Gasteiger partial charge >= 0.3 is 0 Å². The zero-order chi connectivity index (χ0) is 22.7. The van der Waals surface area contributed by atoms with Crippen LogP contribution in [0.25, 0.3) is 0 Å². The van der Waals surface area contributed by atoms with Gasteiger partial charge in [0.1, 0.15) is 0 Å². The minimum atomic E-state index is 1.05. The lowest BCUT2D eigenvalue weighted by atomic mass is 10.2. The van der Waals surface area contributed by atoms with Gasteiger partial charge in [0.15, 0.2) is 11.6 Å². The molecule has 0 amide bonds. The highest BCUT2D eigenvalue weighted by atomic mass is 15.5. The van der Waals surface area contributed by atoms with Gasteiger partial charge in [0.25, 0.3) is 0 Å². The van der Waals surface area contributed by atoms with Gasteiger partial charge in [-0.05, 0) is 48.5 Å². The minimum absolute atomic E-state index is 1.05. The van der Waals surface area contributed by atoms with Gasteiger partial charge in [-0.1, -0.05) is 72.8 Å². The van der Waals surface area contributed by atoms with E-state index >= 15 is 0 Å². The highest BCUT2D eigenvalue weighted by molar-refractivity contribution is 5.77. The van der Waals surface area contributed by atoms with Crippen LogP contribution in [0.1, 0.15) is 0 Å². The third-order valence-corrected chi connectivity index (χ3v) is 5.98. The molecular formula is C30H24N4. The van der Waals surface area contributed by atoms with E-state index in [9.17, 15) is 0 Å². The summed E-state index contributed by atoms with van der Waals surface area (Å²) in [6, 6.07) is 41.9. The predicted octanol–water partition coefficient (Wildman–Crippen LogP) is 7.11. The summed E-state index contributed by atoms with van der Waals surface area (Å²) in [4.78, 5) is 9.00. The van der Waals surface area contributed by atoms with Crippen LogP contribution in [0.5, 0.6) is 0 Å². The minimum Gasteiger partial charge on any atom is -0.298 e. The van der Waals surface area contributed by atoms with Gasteiger partial charge in [-0.3, -0.25) is 19.6 Å². The van der Waals surface area contributed by atoms with Crippen LogP contribution in [0.2, 0.25) is 0 Å². The lowest BCUT2D eigenvalue weighted by Crippen LogP contribution is -2.34. The number of anilines is 4. The number of benzene rings is 4. The lowest BCUT2D eigenvalue weighted by molar-refractivity contribution is 0.993. The molecule has 34 heavy (non-hydrogen) atoms. The molecule has 0 N–H and O–H groups in total. The van der Waals surface area contributed by atoms with Crippen molar-refractivity contribution in [2.75, 3.05) is 19.6 Å². The number of hydrogen-bond donors (Lipinski definition) is 0. The van der Waals surface area contributed by atoms with Crippen molar-refractivity contribution in [1.29, 1.82) is 0 Å². The summed E-state index contributed by atoms with van der Waals surface area (Å²) in [5.74, 6) is 2.10. The van der Waals surface area contributed by atoms with Crippen molar-refractivity contribution in [2.24, 2.45) is 0 Å². The maximum absolute atomic E-state index is 2.25. The monoisotopic (exact) mass is 440 g/mol. The highest BCUT2D eigenvalue weighted by Crippen LogP contribution is 2.40. The molecule has 0 spiro atoms. The molecule has 4 heteroatoms. The zero-order valence-electron chi connectivity index (χ0n) is 18.6. The molecule has 0 aliphatic carbocycles. The van der Waals surface area contributed by atoms with Crippen LogP contribution >= 0.6 is 0 Å². The maximum Gasteiger partial charge on any atom is 0.165 e. The molecule has 4 aromatic rings. The van der Waals surface area contributed by atoms with Crippen molar-refractivity contribution < 1.29 is 0 Å². The third kappa shape index (κ3) is 3.51. The number of rotatable bonds is 4. The molecule has 2 aliphatic rings. The quantitative estimate of drug-likeness (QED) is 0.335. The average Bonchev–Trinajstić information content (AvgIpc) is 3.55. The molecule has 2 heterocycles. The first-order valence-electron chi connectivity index (χ1n) is 11.4. The van der Waals surface area contributed by atoms with E-state index in [1.54, 1.807) is 0 Å². The zero-order valence-corrected chi connectivity index (χ0v) is 18.6. The fraction of sp³-hybridized carbons (Fsp3) is 0. The SMILES string of the molecule is C1=CN(c2ccccc2)C(=C2N(c3ccccc3)C=CN2c2ccccc2)N1c1ccccc1. The smallest absolute Gasteiger partial charge is 0.165 e. The van der Waals surface area contributed by atoms with Crippen molar-refractivity contribution in [3.8, 4) is 0 Å². The van der Waals surface area contributed by atoms with Gasteiger partial charge < -0.3 is 0 Å². The summed E-state index contributed by atoms with van der Waals surface area (Å²) in [6.45, 7) is 0. The first kappa shape index (κ1) is 19.9. The Morgan fingerprint density at radius 2 is 0.471 bits per heavy atom. The van der Waals surface area contributed by atoms with Gasteiger partial charge in [0.2, 0.25) is 0 Å². The van der Waals surface area contributed by atoms with Crippen LogP contribution < -0.4 is 19.6 Å². The Labute approximate surface area is 200 Å². The Morgan fingerprint density at radius 1 is 0.265 bits per heavy atom. The summed E-state index contributed by atoms with van der Waals surface area (Å²) >= 11 is 0. The fourth-order valence-corrected chi connectivity index (χ4v) is 4.40. The summed E-state index contributed by atoms with van der Waals surface area (Å²) in [5, 5.41) is 0. The number of nitrogens with zero attached hydrogens (tertiary/aromatic N) is 4. The lowest BCUT2D eigenvalue weighted by Gasteiger charge is -2.33. The second kappa shape index (κ2) is 8.68. The van der Waals surface area contributed by atoms with Gasteiger partial charge in [0.05, 0.1) is 0 Å². The third-order valence-electron chi connectivity index (χ3n) is 5.98. The number of para-hydroxylation sites is 4. The summed E-state index contributed by atoms with van der Waals surface area (Å²) in [7, 11) is 0. The highest BCUT2D eigenvalue weighted by Gasteiger charge is 2.34. The largest absolute Gasteiger partial charge is 0.298 e. The molecular weight excluding hydrogens is 416 g/mol. The van der Waals surface area contributed by atoms with E-state index in [2.05, 4.69) is 166 Å². The molecule has 0 unspecified atom stereocenters. The molecule has 0 radical (unpaired) electrons. The molecule has 0 saturated heterocycles. The van der Waals surface area contributed by atoms with Crippen LogP contribution in [0.15, 0.2) is 158 Å². The van der Waals surface area contributed by atoms with Gasteiger partial charge in [0, 0.05) is 47.5 Å². The Balaban J connectivity index is 1.59. The van der Waals surface area contributed by atoms with Crippen molar-refractivity contribution >= 4 is 22.7 Å². The molecule has 0 fully saturated rings. The Morgan fingerprint density at radius 3 is 0.676 bits per heavy atom. The second-order valence-electron chi connectivity index (χ2n) is 8.07. The standard InChI is InChI=1S/C30H24N4/c1-5-13-25(14-6-1)31-21-22-32(26-15-7-2-8-16-26)29(31)30-33(27-17-9-3-10-18-27)23-24-34(30)28-19-11-4-12-20-28/h1-24H. The summed E-state index contributed by atoms with van der Waals surface area (Å²) in [5.41, 5.74) is 4.42. The fourth-order valence-electron chi connectivity index (χ4n) is 4.40. The van der Waals surface area contributed by atoms with E-state index in [0.717, 1.165) is 34.4 Å². The van der Waals surface area contributed by atoms with Gasteiger partial charge in [-0.2, -0.15) is 0 Å².